The molecule has 6 aromatic rings. The van der Waals surface area contributed by atoms with Gasteiger partial charge >= 0.3 is 62.8 Å². The van der Waals surface area contributed by atoms with Gasteiger partial charge in [0, 0.05) is 21.6 Å². The van der Waals surface area contributed by atoms with Gasteiger partial charge in [-0.1, -0.05) is 48.5 Å². The number of aromatic nitrogens is 4. The summed E-state index contributed by atoms with van der Waals surface area (Å²) in [6, 6.07) is 21.3. The van der Waals surface area contributed by atoms with E-state index >= 15 is 0 Å². The number of hydrogen-bond donors (Lipinski definition) is 1. The van der Waals surface area contributed by atoms with Crippen molar-refractivity contribution in [3.63, 3.8) is 0 Å². The van der Waals surface area contributed by atoms with Crippen molar-refractivity contribution in [1.82, 2.24) is 19.3 Å². The number of thiophene rings is 1. The van der Waals surface area contributed by atoms with Crippen LogP contribution in [-0.2, 0) is 19.5 Å². The SMILES string of the molecule is CCc1cc2c(=O)n(CC(=O)c3ccc(OC)cc3)c(=O)n(Cc3ccc(-c4ccccc4-c4noc(=O)[nH]4)cc3OC)c2s1.[KH]. The average molecular weight is 665 g/mol. The minimum atomic E-state index is -0.656. The Bertz CT molecular complexity index is 2230. The number of hydrogen-bond acceptors (Lipinski definition) is 9. The van der Waals surface area contributed by atoms with E-state index in [0.717, 1.165) is 20.6 Å². The number of H-pyrrole nitrogens is 1. The molecule has 0 unspecified atom stereocenters. The predicted molar refractivity (Wildman–Crippen MR) is 178 cm³/mol. The fourth-order valence-corrected chi connectivity index (χ4v) is 6.29. The third-order valence-corrected chi connectivity index (χ3v) is 8.86. The van der Waals surface area contributed by atoms with Crippen LogP contribution >= 0.6 is 11.3 Å². The average Bonchev–Trinajstić information content (AvgIpc) is 3.71. The zero-order chi connectivity index (χ0) is 31.7. The first-order valence-electron chi connectivity index (χ1n) is 14.1. The van der Waals surface area contributed by atoms with Crippen LogP contribution in [0.2, 0.25) is 0 Å². The molecule has 0 aliphatic heterocycles. The summed E-state index contributed by atoms with van der Waals surface area (Å²) in [6.07, 6.45) is 0.686. The molecule has 0 saturated carbocycles. The molecule has 3 heterocycles. The van der Waals surface area contributed by atoms with Crippen LogP contribution in [0.5, 0.6) is 11.5 Å². The van der Waals surface area contributed by atoms with Crippen LogP contribution in [0.15, 0.2) is 91.7 Å². The van der Waals surface area contributed by atoms with E-state index in [1.807, 2.05) is 49.4 Å². The van der Waals surface area contributed by atoms with E-state index in [2.05, 4.69) is 10.1 Å². The van der Waals surface area contributed by atoms with E-state index in [0.29, 0.717) is 50.7 Å². The zero-order valence-electron chi connectivity index (χ0n) is 24.7. The van der Waals surface area contributed by atoms with E-state index in [4.69, 9.17) is 14.0 Å². The van der Waals surface area contributed by atoms with Crippen molar-refractivity contribution < 1.29 is 18.8 Å². The van der Waals surface area contributed by atoms with Crippen LogP contribution in [0.3, 0.4) is 0 Å². The van der Waals surface area contributed by atoms with Gasteiger partial charge in [-0.05, 0) is 53.9 Å². The Hall–Kier alpha value is -3.85. The van der Waals surface area contributed by atoms with Crippen LogP contribution in [0.25, 0.3) is 32.7 Å². The number of methoxy groups -OCH3 is 2. The molecule has 0 aliphatic rings. The Morgan fingerprint density at radius 2 is 1.67 bits per heavy atom. The maximum absolute atomic E-state index is 13.9. The maximum atomic E-state index is 13.9. The molecule has 0 aliphatic carbocycles. The van der Waals surface area contributed by atoms with Crippen molar-refractivity contribution in [2.45, 2.75) is 26.4 Å². The Morgan fingerprint density at radius 3 is 2.33 bits per heavy atom. The van der Waals surface area contributed by atoms with Gasteiger partial charge in [0.15, 0.2) is 11.6 Å². The van der Waals surface area contributed by atoms with E-state index in [1.165, 1.54) is 30.1 Å². The molecular weight excluding hydrogens is 636 g/mol. The van der Waals surface area contributed by atoms with Crippen molar-refractivity contribution >= 4 is 78.7 Å². The zero-order valence-corrected chi connectivity index (χ0v) is 25.5. The number of aryl methyl sites for hydroxylation is 1. The fourth-order valence-electron chi connectivity index (χ4n) is 5.22. The van der Waals surface area contributed by atoms with Crippen LogP contribution in [0, 0.1) is 0 Å². The van der Waals surface area contributed by atoms with E-state index in [1.54, 1.807) is 30.3 Å². The molecule has 0 atom stereocenters. The topological polar surface area (TPSA) is 138 Å². The van der Waals surface area contributed by atoms with Crippen LogP contribution < -0.4 is 26.5 Å². The molecule has 3 aromatic carbocycles. The molecule has 0 saturated heterocycles. The fraction of sp³-hybridized carbons (Fsp3) is 0.182. The molecule has 46 heavy (non-hydrogen) atoms. The van der Waals surface area contributed by atoms with Crippen molar-refractivity contribution in [2.75, 3.05) is 14.2 Å². The first-order chi connectivity index (χ1) is 21.8. The number of Topliss-reactive ketones (excluding diaryl/α,β-unsaturated/α-hetero) is 1. The summed E-state index contributed by atoms with van der Waals surface area (Å²) in [5.41, 5.74) is 2.18. The number of aromatic amines is 1. The molecule has 6 rings (SSSR count). The summed E-state index contributed by atoms with van der Waals surface area (Å²) < 4.78 is 18.2. The van der Waals surface area contributed by atoms with Gasteiger partial charge in [0.25, 0.3) is 5.56 Å². The third kappa shape index (κ3) is 6.52. The van der Waals surface area contributed by atoms with E-state index in [9.17, 15) is 19.2 Å². The van der Waals surface area contributed by atoms with Gasteiger partial charge < -0.3 is 9.47 Å². The minimum absolute atomic E-state index is 0. The number of ketones is 1. The van der Waals surface area contributed by atoms with Gasteiger partial charge in [-0.15, -0.1) is 11.3 Å². The van der Waals surface area contributed by atoms with Crippen molar-refractivity contribution in [3.8, 4) is 34.0 Å². The molecule has 1 N–H and O–H groups in total. The van der Waals surface area contributed by atoms with Crippen molar-refractivity contribution in [2.24, 2.45) is 0 Å². The molecule has 0 fully saturated rings. The standard InChI is InChI=1S/C33H28N4O7S.K.H/c1-4-23-16-26-30(39)36(18-27(38)19-11-13-22(42-2)14-12-19)33(41)37(31(26)45-23)17-21-10-9-20(15-28(21)43-3)24-7-5-6-8-25(24)29-34-32(40)44-35-29;;/h5-16H,4,17-18H2,1-3H3,(H,34,35,40);;. The van der Waals surface area contributed by atoms with E-state index in [-0.39, 0.29) is 63.7 Å². The Kier molecular flexibility index (Phi) is 10.4. The first kappa shape index (κ1) is 33.5. The molecule has 11 nitrogen and oxygen atoms in total. The number of benzene rings is 3. The monoisotopic (exact) mass is 664 g/mol. The van der Waals surface area contributed by atoms with Gasteiger partial charge in [-0.3, -0.25) is 28.2 Å². The molecule has 13 heteroatoms. The summed E-state index contributed by atoms with van der Waals surface area (Å²) in [5.74, 6) is 0.368. The Morgan fingerprint density at radius 1 is 0.935 bits per heavy atom. The number of carbonyl (C=O) groups excluding carboxylic acids is 1. The Labute approximate surface area is 308 Å². The normalized spacial score (nSPS) is 10.9. The molecule has 230 valence electrons. The molecular formula is C33H29KN4O7S. The van der Waals surface area contributed by atoms with E-state index < -0.39 is 23.5 Å². The van der Waals surface area contributed by atoms with Gasteiger partial charge in [-0.2, -0.15) is 0 Å². The van der Waals surface area contributed by atoms with Crippen LogP contribution in [0.1, 0.15) is 27.7 Å². The molecule has 0 spiro atoms. The molecule has 0 bridgehead atoms. The second kappa shape index (κ2) is 14.3. The number of ether oxygens (including phenoxy) is 2. The summed E-state index contributed by atoms with van der Waals surface area (Å²) in [5, 5.41) is 4.21. The predicted octanol–water partition coefficient (Wildman–Crippen LogP) is 4.10. The summed E-state index contributed by atoms with van der Waals surface area (Å²) in [7, 11) is 3.07. The van der Waals surface area contributed by atoms with Gasteiger partial charge in [0.05, 0.1) is 32.7 Å². The first-order valence-corrected chi connectivity index (χ1v) is 14.9. The Balaban J connectivity index is 0.00000417. The van der Waals surface area contributed by atoms with Gasteiger partial charge in [0.2, 0.25) is 0 Å². The summed E-state index contributed by atoms with van der Waals surface area (Å²) in [4.78, 5) is 56.3. The van der Waals surface area contributed by atoms with Gasteiger partial charge in [-0.25, -0.2) is 9.59 Å². The van der Waals surface area contributed by atoms with Crippen LogP contribution in [-0.4, -0.2) is 90.7 Å². The number of rotatable bonds is 10. The number of fused-ring (bicyclic) bond motifs is 1. The number of nitrogens with zero attached hydrogens (tertiary/aromatic N) is 3. The summed E-state index contributed by atoms with van der Waals surface area (Å²) >= 11 is 1.38. The molecule has 3 aromatic heterocycles. The molecule has 0 amide bonds. The molecule has 0 radical (unpaired) electrons. The third-order valence-electron chi connectivity index (χ3n) is 7.56. The summed E-state index contributed by atoms with van der Waals surface area (Å²) in [6.45, 7) is 1.67. The quantitative estimate of drug-likeness (QED) is 0.171. The van der Waals surface area contributed by atoms with Gasteiger partial charge in [0.1, 0.15) is 16.3 Å². The van der Waals surface area contributed by atoms with Crippen LogP contribution in [0.4, 0.5) is 0 Å². The number of carbonyl (C=O) groups is 1. The van der Waals surface area contributed by atoms with Crippen molar-refractivity contribution in [1.29, 1.82) is 0 Å². The second-order valence-corrected chi connectivity index (χ2v) is 11.3. The second-order valence-electron chi connectivity index (χ2n) is 10.2. The number of nitrogens with one attached hydrogen (secondary N) is 1. The van der Waals surface area contributed by atoms with Crippen molar-refractivity contribution in [3.05, 3.63) is 120 Å².